The Kier molecular flexibility index (Phi) is 5.35. The molecule has 0 bridgehead atoms. The van der Waals surface area contributed by atoms with Gasteiger partial charge in [0.2, 0.25) is 0 Å². The third-order valence-corrected chi connectivity index (χ3v) is 5.11. The van der Waals surface area contributed by atoms with E-state index in [0.29, 0.717) is 5.03 Å². The van der Waals surface area contributed by atoms with Crippen LogP contribution in [0.4, 0.5) is 0 Å². The normalized spacial score (nSPS) is 10.6. The number of aromatic nitrogens is 2. The Hall–Kier alpha value is -2.38. The topological polar surface area (TPSA) is 72.0 Å². The number of nitrogens with zero attached hydrogens (tertiary/aromatic N) is 1. The van der Waals surface area contributed by atoms with Gasteiger partial charge in [0.05, 0.1) is 17.3 Å². The molecule has 0 atom stereocenters. The number of benzene rings is 1. The Morgan fingerprint density at radius 1 is 1.32 bits per heavy atom. The number of thiazole rings is 1. The second kappa shape index (κ2) is 7.67. The van der Waals surface area contributed by atoms with Crippen LogP contribution < -0.4 is 5.56 Å². The van der Waals surface area contributed by atoms with E-state index >= 15 is 0 Å². The molecule has 3 rings (SSSR count). The van der Waals surface area contributed by atoms with E-state index in [0.717, 1.165) is 21.8 Å². The molecular weight excluding hydrogens is 356 g/mol. The molecule has 0 fully saturated rings. The maximum atomic E-state index is 12.1. The summed E-state index contributed by atoms with van der Waals surface area (Å²) in [5.41, 5.74) is 2.14. The van der Waals surface area contributed by atoms with E-state index in [-0.39, 0.29) is 12.2 Å². The summed E-state index contributed by atoms with van der Waals surface area (Å²) in [5, 5.41) is 3.38. The summed E-state index contributed by atoms with van der Waals surface area (Å²) in [6, 6.07) is 11.4. The van der Waals surface area contributed by atoms with Crippen molar-refractivity contribution in [1.82, 2.24) is 9.97 Å². The second-order valence-electron chi connectivity index (χ2n) is 5.08. The molecule has 0 radical (unpaired) electrons. The molecule has 3 aromatic rings. The van der Waals surface area contributed by atoms with Crippen molar-refractivity contribution in [3.8, 4) is 21.8 Å². The molecule has 0 aliphatic rings. The van der Waals surface area contributed by atoms with E-state index in [2.05, 4.69) is 9.97 Å². The molecule has 0 amide bonds. The molecule has 7 heteroatoms. The number of aromatic amines is 1. The minimum atomic E-state index is -0.627. The first kappa shape index (κ1) is 17.4. The van der Waals surface area contributed by atoms with Gasteiger partial charge in [-0.1, -0.05) is 30.3 Å². The first-order chi connectivity index (χ1) is 12.1. The molecule has 1 N–H and O–H groups in total. The van der Waals surface area contributed by atoms with Crippen molar-refractivity contribution in [3.05, 3.63) is 57.7 Å². The van der Waals surface area contributed by atoms with Gasteiger partial charge in [-0.05, 0) is 19.2 Å². The van der Waals surface area contributed by atoms with Crippen molar-refractivity contribution in [2.24, 2.45) is 0 Å². The second-order valence-corrected chi connectivity index (χ2v) is 6.76. The number of nitrogens with one attached hydrogen (secondary N) is 1. The van der Waals surface area contributed by atoms with Crippen LogP contribution in [0.3, 0.4) is 0 Å². The fourth-order valence-electron chi connectivity index (χ4n) is 2.33. The number of thioether (sulfide) groups is 1. The van der Waals surface area contributed by atoms with Crippen molar-refractivity contribution in [2.75, 3.05) is 12.9 Å². The van der Waals surface area contributed by atoms with Gasteiger partial charge in [0, 0.05) is 16.5 Å². The number of esters is 1. The standard InChI is InChI=1S/C18H16N2O3S2/c1-3-23-18(22)12-9-13(16(24-2)20-15(12)21)17-19-14(10-25-17)11-7-5-4-6-8-11/h4-10H,3H2,1-2H3,(H,20,21). The number of pyridine rings is 1. The third kappa shape index (κ3) is 3.67. The summed E-state index contributed by atoms with van der Waals surface area (Å²) in [7, 11) is 0. The van der Waals surface area contributed by atoms with E-state index in [1.807, 2.05) is 42.0 Å². The summed E-state index contributed by atoms with van der Waals surface area (Å²) < 4.78 is 4.96. The minimum absolute atomic E-state index is 0.00823. The number of carbonyl (C=O) groups excluding carboxylic acids is 1. The lowest BCUT2D eigenvalue weighted by Gasteiger charge is -2.07. The van der Waals surface area contributed by atoms with E-state index in [1.54, 1.807) is 13.0 Å². The Labute approximate surface area is 153 Å². The average Bonchev–Trinajstić information content (AvgIpc) is 3.12. The molecule has 25 heavy (non-hydrogen) atoms. The molecule has 2 heterocycles. The van der Waals surface area contributed by atoms with Crippen molar-refractivity contribution < 1.29 is 9.53 Å². The largest absolute Gasteiger partial charge is 0.462 e. The Bertz CT molecular complexity index is 948. The van der Waals surface area contributed by atoms with Gasteiger partial charge in [0.15, 0.2) is 0 Å². The van der Waals surface area contributed by atoms with Crippen molar-refractivity contribution in [1.29, 1.82) is 0 Å². The minimum Gasteiger partial charge on any atom is -0.462 e. The Balaban J connectivity index is 2.07. The van der Waals surface area contributed by atoms with Gasteiger partial charge < -0.3 is 9.72 Å². The van der Waals surface area contributed by atoms with Crippen LogP contribution in [0.5, 0.6) is 0 Å². The maximum absolute atomic E-state index is 12.1. The lowest BCUT2D eigenvalue weighted by atomic mass is 10.2. The number of ether oxygens (including phenoxy) is 1. The molecule has 5 nitrogen and oxygen atoms in total. The summed E-state index contributed by atoms with van der Waals surface area (Å²) in [6.45, 7) is 1.92. The number of hydrogen-bond acceptors (Lipinski definition) is 6. The fraction of sp³-hybridized carbons (Fsp3) is 0.167. The van der Waals surface area contributed by atoms with Crippen LogP contribution in [0, 0.1) is 0 Å². The third-order valence-electron chi connectivity index (χ3n) is 3.51. The zero-order chi connectivity index (χ0) is 17.8. The molecule has 2 aromatic heterocycles. The quantitative estimate of drug-likeness (QED) is 0.540. The summed E-state index contributed by atoms with van der Waals surface area (Å²) in [5.74, 6) is -0.627. The number of hydrogen-bond donors (Lipinski definition) is 1. The summed E-state index contributed by atoms with van der Waals surface area (Å²) in [4.78, 5) is 31.6. The van der Waals surface area contributed by atoms with Crippen LogP contribution >= 0.6 is 23.1 Å². The van der Waals surface area contributed by atoms with Crippen LogP contribution in [0.15, 0.2) is 51.6 Å². The molecule has 0 aliphatic carbocycles. The van der Waals surface area contributed by atoms with E-state index in [9.17, 15) is 9.59 Å². The van der Waals surface area contributed by atoms with Crippen LogP contribution in [-0.4, -0.2) is 28.8 Å². The monoisotopic (exact) mass is 372 g/mol. The van der Waals surface area contributed by atoms with Crippen molar-refractivity contribution >= 4 is 29.1 Å². The molecular formula is C18H16N2O3S2. The van der Waals surface area contributed by atoms with Crippen LogP contribution in [0.2, 0.25) is 0 Å². The first-order valence-electron chi connectivity index (χ1n) is 7.63. The number of H-pyrrole nitrogens is 1. The highest BCUT2D eigenvalue weighted by molar-refractivity contribution is 7.98. The zero-order valence-electron chi connectivity index (χ0n) is 13.7. The Morgan fingerprint density at radius 2 is 2.08 bits per heavy atom. The molecule has 128 valence electrons. The zero-order valence-corrected chi connectivity index (χ0v) is 15.4. The highest BCUT2D eigenvalue weighted by Crippen LogP contribution is 2.33. The first-order valence-corrected chi connectivity index (χ1v) is 9.74. The number of carbonyl (C=O) groups is 1. The lowest BCUT2D eigenvalue weighted by molar-refractivity contribution is 0.0524. The predicted octanol–water partition coefficient (Wildman–Crippen LogP) is 4.06. The molecule has 0 spiro atoms. The smallest absolute Gasteiger partial charge is 0.343 e. The maximum Gasteiger partial charge on any atom is 0.343 e. The van der Waals surface area contributed by atoms with Gasteiger partial charge in [-0.2, -0.15) is 0 Å². The van der Waals surface area contributed by atoms with Crippen molar-refractivity contribution in [3.63, 3.8) is 0 Å². The van der Waals surface area contributed by atoms with Gasteiger partial charge in [0.25, 0.3) is 5.56 Å². The molecule has 0 aliphatic heterocycles. The highest BCUT2D eigenvalue weighted by Gasteiger charge is 2.18. The van der Waals surface area contributed by atoms with Gasteiger partial charge in [-0.3, -0.25) is 4.79 Å². The Morgan fingerprint density at radius 3 is 2.76 bits per heavy atom. The van der Waals surface area contributed by atoms with Crippen LogP contribution in [0.1, 0.15) is 17.3 Å². The van der Waals surface area contributed by atoms with E-state index in [1.165, 1.54) is 23.1 Å². The fourth-order valence-corrected chi connectivity index (χ4v) is 3.82. The number of rotatable bonds is 5. The van der Waals surface area contributed by atoms with Gasteiger partial charge >= 0.3 is 5.97 Å². The molecule has 0 saturated heterocycles. The van der Waals surface area contributed by atoms with Gasteiger partial charge in [-0.15, -0.1) is 23.1 Å². The molecule has 0 saturated carbocycles. The van der Waals surface area contributed by atoms with Crippen LogP contribution in [0.25, 0.3) is 21.8 Å². The predicted molar refractivity (Wildman–Crippen MR) is 101 cm³/mol. The van der Waals surface area contributed by atoms with Gasteiger partial charge in [0.1, 0.15) is 10.6 Å². The summed E-state index contributed by atoms with van der Waals surface area (Å²) >= 11 is 2.87. The highest BCUT2D eigenvalue weighted by atomic mass is 32.2. The average molecular weight is 372 g/mol. The summed E-state index contributed by atoms with van der Waals surface area (Å²) in [6.07, 6.45) is 1.87. The van der Waals surface area contributed by atoms with Crippen molar-refractivity contribution in [2.45, 2.75) is 11.9 Å². The van der Waals surface area contributed by atoms with E-state index in [4.69, 9.17) is 4.74 Å². The lowest BCUT2D eigenvalue weighted by Crippen LogP contribution is -2.20. The molecule has 1 aromatic carbocycles. The van der Waals surface area contributed by atoms with Crippen LogP contribution in [-0.2, 0) is 4.74 Å². The van der Waals surface area contributed by atoms with E-state index < -0.39 is 11.5 Å². The SMILES string of the molecule is CCOC(=O)c1cc(-c2nc(-c3ccccc3)cs2)c(SC)[nH]c1=O. The van der Waals surface area contributed by atoms with Gasteiger partial charge in [-0.25, -0.2) is 9.78 Å². The molecule has 0 unspecified atom stereocenters.